The molecule has 4 aromatic rings. The molecule has 0 amide bonds. The molecule has 1 unspecified atom stereocenters. The van der Waals surface area contributed by atoms with E-state index >= 15 is 0 Å². The lowest BCUT2D eigenvalue weighted by molar-refractivity contribution is 0.0697. The summed E-state index contributed by atoms with van der Waals surface area (Å²) in [7, 11) is 1.58. The predicted octanol–water partition coefficient (Wildman–Crippen LogP) is 3.52. The van der Waals surface area contributed by atoms with Gasteiger partial charge in [-0.2, -0.15) is 0 Å². The molecule has 170 valence electrons. The lowest BCUT2D eigenvalue weighted by atomic mass is 10.0. The second kappa shape index (κ2) is 9.09. The van der Waals surface area contributed by atoms with E-state index in [0.717, 1.165) is 36.3 Å². The van der Waals surface area contributed by atoms with E-state index in [-0.39, 0.29) is 29.7 Å². The van der Waals surface area contributed by atoms with Gasteiger partial charge in [0.05, 0.1) is 36.1 Å². The van der Waals surface area contributed by atoms with Gasteiger partial charge in [0.15, 0.2) is 5.65 Å². The first kappa shape index (κ1) is 22.6. The summed E-state index contributed by atoms with van der Waals surface area (Å²) in [6, 6.07) is 16.2. The number of carbonyl (C=O) groups is 1. The molecule has 0 bridgehead atoms. The number of hydrogen-bond acceptors (Lipinski definition) is 5. The molecule has 1 fully saturated rings. The first-order valence-electron chi connectivity index (χ1n) is 10.4. The monoisotopic (exact) mass is 466 g/mol. The van der Waals surface area contributed by atoms with E-state index in [9.17, 15) is 9.59 Å². The SMILES string of the molecule is COc1cnc2c(c1)n(-c1ccc(-c3ccc(C(=O)O)cc3)cc1)c(=O)n2C1CCNC1.Cl. The first-order valence-corrected chi connectivity index (χ1v) is 10.4. The Hall–Kier alpha value is -3.62. The van der Waals surface area contributed by atoms with Crippen molar-refractivity contribution in [3.8, 4) is 22.6 Å². The minimum Gasteiger partial charge on any atom is -0.495 e. The average molecular weight is 467 g/mol. The van der Waals surface area contributed by atoms with Crippen LogP contribution in [0.25, 0.3) is 28.0 Å². The summed E-state index contributed by atoms with van der Waals surface area (Å²) in [5, 5.41) is 12.4. The van der Waals surface area contributed by atoms with Gasteiger partial charge in [0.2, 0.25) is 0 Å². The fourth-order valence-corrected chi connectivity index (χ4v) is 4.24. The molecule has 0 spiro atoms. The van der Waals surface area contributed by atoms with Crippen LogP contribution in [-0.2, 0) is 0 Å². The molecule has 33 heavy (non-hydrogen) atoms. The standard InChI is InChI=1S/C24H22N4O4.ClH/c1-32-20-12-21-22(26-14-20)28(19-10-11-25-13-19)24(31)27(21)18-8-6-16(7-9-18)15-2-4-17(5-3-15)23(29)30;/h2-9,12,14,19,25H,10-11,13H2,1H3,(H,29,30);1H. The fourth-order valence-electron chi connectivity index (χ4n) is 4.24. The number of hydrogen-bond donors (Lipinski definition) is 2. The maximum absolute atomic E-state index is 13.5. The molecule has 1 aliphatic heterocycles. The van der Waals surface area contributed by atoms with Crippen molar-refractivity contribution in [3.63, 3.8) is 0 Å². The average Bonchev–Trinajstić information content (AvgIpc) is 3.44. The molecule has 3 heterocycles. The van der Waals surface area contributed by atoms with Crippen LogP contribution in [0.2, 0.25) is 0 Å². The van der Waals surface area contributed by atoms with Crippen LogP contribution in [0.3, 0.4) is 0 Å². The summed E-state index contributed by atoms with van der Waals surface area (Å²) >= 11 is 0. The third-order valence-corrected chi connectivity index (χ3v) is 5.91. The highest BCUT2D eigenvalue weighted by Crippen LogP contribution is 2.27. The number of imidazole rings is 1. The van der Waals surface area contributed by atoms with Gasteiger partial charge in [-0.3, -0.25) is 9.13 Å². The van der Waals surface area contributed by atoms with Crippen molar-refractivity contribution in [2.75, 3.05) is 20.2 Å². The second-order valence-corrected chi connectivity index (χ2v) is 7.78. The molecule has 2 aromatic heterocycles. The van der Waals surface area contributed by atoms with Crippen molar-refractivity contribution in [2.45, 2.75) is 12.5 Å². The van der Waals surface area contributed by atoms with Gasteiger partial charge in [0.25, 0.3) is 0 Å². The van der Waals surface area contributed by atoms with E-state index in [1.54, 1.807) is 46.7 Å². The molecule has 0 saturated carbocycles. The van der Waals surface area contributed by atoms with Crippen LogP contribution in [0, 0.1) is 0 Å². The molecular weight excluding hydrogens is 444 g/mol. The summed E-state index contributed by atoms with van der Waals surface area (Å²) in [5.41, 5.74) is 4.00. The van der Waals surface area contributed by atoms with Crippen molar-refractivity contribution in [1.82, 2.24) is 19.4 Å². The number of rotatable bonds is 5. The van der Waals surface area contributed by atoms with Crippen molar-refractivity contribution >= 4 is 29.5 Å². The summed E-state index contributed by atoms with van der Waals surface area (Å²) in [4.78, 5) is 29.1. The lowest BCUT2D eigenvalue weighted by Crippen LogP contribution is -2.28. The van der Waals surface area contributed by atoms with Crippen molar-refractivity contribution in [1.29, 1.82) is 0 Å². The van der Waals surface area contributed by atoms with Crippen molar-refractivity contribution in [2.24, 2.45) is 0 Å². The molecule has 1 aliphatic rings. The Morgan fingerprint density at radius 1 is 1.12 bits per heavy atom. The Morgan fingerprint density at radius 2 is 1.79 bits per heavy atom. The zero-order valence-corrected chi connectivity index (χ0v) is 18.7. The highest BCUT2D eigenvalue weighted by atomic mass is 35.5. The minimum absolute atomic E-state index is 0. The second-order valence-electron chi connectivity index (χ2n) is 7.78. The molecule has 8 nitrogen and oxygen atoms in total. The number of fused-ring (bicyclic) bond motifs is 1. The highest BCUT2D eigenvalue weighted by molar-refractivity contribution is 5.88. The largest absolute Gasteiger partial charge is 0.495 e. The predicted molar refractivity (Wildman–Crippen MR) is 128 cm³/mol. The van der Waals surface area contributed by atoms with Crippen LogP contribution in [-0.4, -0.2) is 45.4 Å². The smallest absolute Gasteiger partial charge is 0.335 e. The van der Waals surface area contributed by atoms with Crippen LogP contribution in [0.1, 0.15) is 22.8 Å². The number of aromatic nitrogens is 3. The molecule has 1 atom stereocenters. The number of ether oxygens (including phenoxy) is 1. The number of nitrogens with one attached hydrogen (secondary N) is 1. The number of pyridine rings is 1. The first-order chi connectivity index (χ1) is 15.6. The van der Waals surface area contributed by atoms with Gasteiger partial charge in [-0.25, -0.2) is 14.6 Å². The maximum atomic E-state index is 13.5. The lowest BCUT2D eigenvalue weighted by Gasteiger charge is -2.09. The number of carboxylic acid groups (broad SMARTS) is 1. The highest BCUT2D eigenvalue weighted by Gasteiger charge is 2.25. The molecule has 0 radical (unpaired) electrons. The van der Waals surface area contributed by atoms with Gasteiger partial charge >= 0.3 is 11.7 Å². The molecule has 0 aliphatic carbocycles. The molecule has 2 aromatic carbocycles. The third kappa shape index (κ3) is 3.99. The summed E-state index contributed by atoms with van der Waals surface area (Å²) < 4.78 is 8.79. The summed E-state index contributed by atoms with van der Waals surface area (Å²) in [5.74, 6) is -0.368. The van der Waals surface area contributed by atoms with Gasteiger partial charge in [-0.1, -0.05) is 24.3 Å². The topological polar surface area (TPSA) is 98.4 Å². The van der Waals surface area contributed by atoms with E-state index in [1.807, 2.05) is 30.3 Å². The molecule has 9 heteroatoms. The van der Waals surface area contributed by atoms with Crippen LogP contribution in [0.5, 0.6) is 5.75 Å². The molecule has 2 N–H and O–H groups in total. The fraction of sp³-hybridized carbons (Fsp3) is 0.208. The Bertz CT molecular complexity index is 1350. The molecular formula is C24H23ClN4O4. The number of nitrogens with zero attached hydrogens (tertiary/aromatic N) is 3. The number of aromatic carboxylic acids is 1. The van der Waals surface area contributed by atoms with E-state index in [4.69, 9.17) is 9.84 Å². The Morgan fingerprint density at radius 3 is 2.36 bits per heavy atom. The normalized spacial score (nSPS) is 15.4. The van der Waals surface area contributed by atoms with Crippen molar-refractivity contribution < 1.29 is 14.6 Å². The van der Waals surface area contributed by atoms with E-state index in [0.29, 0.717) is 16.9 Å². The van der Waals surface area contributed by atoms with Crippen LogP contribution in [0.15, 0.2) is 65.6 Å². The summed E-state index contributed by atoms with van der Waals surface area (Å²) in [6.07, 6.45) is 2.51. The number of carboxylic acids is 1. The van der Waals surface area contributed by atoms with Crippen LogP contribution < -0.4 is 15.7 Å². The van der Waals surface area contributed by atoms with E-state index < -0.39 is 5.97 Å². The van der Waals surface area contributed by atoms with Gasteiger partial charge < -0.3 is 15.2 Å². The van der Waals surface area contributed by atoms with E-state index in [1.165, 1.54) is 0 Å². The van der Waals surface area contributed by atoms with Gasteiger partial charge in [0, 0.05) is 12.6 Å². The molecule has 5 rings (SSSR count). The number of halogens is 1. The molecule has 1 saturated heterocycles. The van der Waals surface area contributed by atoms with Crippen LogP contribution in [0.4, 0.5) is 0 Å². The number of methoxy groups -OCH3 is 1. The zero-order chi connectivity index (χ0) is 22.2. The van der Waals surface area contributed by atoms with Gasteiger partial charge in [0.1, 0.15) is 5.75 Å². The Kier molecular flexibility index (Phi) is 6.22. The Labute approximate surface area is 195 Å². The minimum atomic E-state index is -0.954. The Balaban J connectivity index is 0.00000259. The van der Waals surface area contributed by atoms with Gasteiger partial charge in [-0.15, -0.1) is 12.4 Å². The van der Waals surface area contributed by atoms with Crippen LogP contribution >= 0.6 is 12.4 Å². The van der Waals surface area contributed by atoms with Crippen molar-refractivity contribution in [3.05, 3.63) is 76.8 Å². The van der Waals surface area contributed by atoms with E-state index in [2.05, 4.69) is 10.3 Å². The maximum Gasteiger partial charge on any atom is 0.335 e. The third-order valence-electron chi connectivity index (χ3n) is 5.91. The zero-order valence-electron chi connectivity index (χ0n) is 17.9. The van der Waals surface area contributed by atoms with Gasteiger partial charge in [-0.05, 0) is 48.4 Å². The summed E-state index contributed by atoms with van der Waals surface area (Å²) in [6.45, 7) is 1.60. The quantitative estimate of drug-likeness (QED) is 0.467. The number of benzene rings is 2.